The predicted octanol–water partition coefficient (Wildman–Crippen LogP) is 2.24. The molecule has 2 N–H and O–H groups in total. The summed E-state index contributed by atoms with van der Waals surface area (Å²) in [4.78, 5) is 5.96. The van der Waals surface area contributed by atoms with Gasteiger partial charge in [-0.25, -0.2) is 4.98 Å². The molecule has 1 aromatic heterocycles. The van der Waals surface area contributed by atoms with Crippen LogP contribution in [0, 0.1) is 6.92 Å². The van der Waals surface area contributed by atoms with E-state index in [2.05, 4.69) is 24.4 Å². The lowest BCUT2D eigenvalue weighted by atomic mass is 10.1. The molecule has 0 fully saturated rings. The van der Waals surface area contributed by atoms with Crippen LogP contribution >= 0.6 is 11.3 Å². The Hall–Kier alpha value is -1.23. The van der Waals surface area contributed by atoms with E-state index in [-0.39, 0.29) is 6.61 Å². The Bertz CT molecular complexity index is 482. The molecule has 0 bridgehead atoms. The minimum Gasteiger partial charge on any atom is -0.395 e. The zero-order valence-corrected chi connectivity index (χ0v) is 11.3. The van der Waals surface area contributed by atoms with Crippen molar-refractivity contribution in [3.63, 3.8) is 0 Å². The number of aliphatic hydroxyl groups is 1. The summed E-state index contributed by atoms with van der Waals surface area (Å²) in [6.45, 7) is 3.81. The summed E-state index contributed by atoms with van der Waals surface area (Å²) >= 11 is 1.75. The highest BCUT2D eigenvalue weighted by molar-refractivity contribution is 7.12. The summed E-state index contributed by atoms with van der Waals surface area (Å²) in [6.07, 6.45) is 0.915. The second-order valence-corrected chi connectivity index (χ2v) is 5.39. The van der Waals surface area contributed by atoms with Gasteiger partial charge in [-0.05, 0) is 6.92 Å². The van der Waals surface area contributed by atoms with Crippen LogP contribution in [-0.2, 0) is 6.42 Å². The van der Waals surface area contributed by atoms with Crippen molar-refractivity contribution < 1.29 is 5.11 Å². The summed E-state index contributed by atoms with van der Waals surface area (Å²) in [7, 11) is 0. The molecule has 2 aromatic rings. The van der Waals surface area contributed by atoms with E-state index in [1.807, 2.05) is 18.2 Å². The van der Waals surface area contributed by atoms with Crippen molar-refractivity contribution in [1.82, 2.24) is 10.3 Å². The Morgan fingerprint density at radius 1 is 1.22 bits per heavy atom. The molecule has 96 valence electrons. The zero-order chi connectivity index (χ0) is 12.8. The number of nitrogens with zero attached hydrogens (tertiary/aromatic N) is 1. The molecule has 0 spiro atoms. The minimum atomic E-state index is 0.187. The van der Waals surface area contributed by atoms with Gasteiger partial charge in [0.15, 0.2) is 0 Å². The van der Waals surface area contributed by atoms with Crippen LogP contribution in [-0.4, -0.2) is 29.8 Å². The van der Waals surface area contributed by atoms with Crippen LogP contribution in [0.2, 0.25) is 0 Å². The van der Waals surface area contributed by atoms with Gasteiger partial charge in [-0.15, -0.1) is 11.3 Å². The quantitative estimate of drug-likeness (QED) is 0.785. The maximum atomic E-state index is 8.68. The summed E-state index contributed by atoms with van der Waals surface area (Å²) < 4.78 is 0. The first kappa shape index (κ1) is 13.2. The summed E-state index contributed by atoms with van der Waals surface area (Å²) in [5.74, 6) is 0. The maximum Gasteiger partial charge on any atom is 0.0948 e. The molecular weight excluding hydrogens is 244 g/mol. The maximum absolute atomic E-state index is 8.68. The first-order chi connectivity index (χ1) is 8.81. The van der Waals surface area contributed by atoms with Crippen LogP contribution in [0.3, 0.4) is 0 Å². The van der Waals surface area contributed by atoms with E-state index in [1.54, 1.807) is 11.3 Å². The van der Waals surface area contributed by atoms with Gasteiger partial charge < -0.3 is 10.4 Å². The molecule has 3 nitrogen and oxygen atoms in total. The Morgan fingerprint density at radius 3 is 2.72 bits per heavy atom. The molecule has 0 radical (unpaired) electrons. The van der Waals surface area contributed by atoms with Crippen molar-refractivity contribution >= 4 is 11.3 Å². The van der Waals surface area contributed by atoms with E-state index >= 15 is 0 Å². The molecule has 0 atom stereocenters. The molecule has 0 saturated heterocycles. The standard InChI is InChI=1S/C14H18N2OS/c1-11-14(12-5-3-2-4-6-12)16-13(18-11)7-8-15-9-10-17/h2-6,15,17H,7-10H2,1H3. The van der Waals surface area contributed by atoms with Gasteiger partial charge in [0, 0.05) is 30.0 Å². The Morgan fingerprint density at radius 2 is 2.00 bits per heavy atom. The van der Waals surface area contributed by atoms with Crippen LogP contribution in [0.5, 0.6) is 0 Å². The lowest BCUT2D eigenvalue weighted by molar-refractivity contribution is 0.293. The van der Waals surface area contributed by atoms with Gasteiger partial charge in [0.1, 0.15) is 0 Å². The number of rotatable bonds is 6. The van der Waals surface area contributed by atoms with E-state index in [9.17, 15) is 0 Å². The summed E-state index contributed by atoms with van der Waals surface area (Å²) in [5.41, 5.74) is 2.28. The fourth-order valence-electron chi connectivity index (χ4n) is 1.82. The fourth-order valence-corrected chi connectivity index (χ4v) is 2.78. The number of nitrogens with one attached hydrogen (secondary N) is 1. The molecule has 0 aliphatic heterocycles. The van der Waals surface area contributed by atoms with E-state index in [0.29, 0.717) is 6.54 Å². The van der Waals surface area contributed by atoms with Crippen LogP contribution in [0.15, 0.2) is 30.3 Å². The van der Waals surface area contributed by atoms with Crippen LogP contribution in [0.25, 0.3) is 11.3 Å². The van der Waals surface area contributed by atoms with Gasteiger partial charge in [0.05, 0.1) is 17.3 Å². The van der Waals surface area contributed by atoms with E-state index in [0.717, 1.165) is 23.7 Å². The van der Waals surface area contributed by atoms with E-state index in [1.165, 1.54) is 10.4 Å². The molecule has 0 unspecified atom stereocenters. The lowest BCUT2D eigenvalue weighted by Crippen LogP contribution is -2.20. The minimum absolute atomic E-state index is 0.187. The Balaban J connectivity index is 2.03. The highest BCUT2D eigenvalue weighted by atomic mass is 32.1. The van der Waals surface area contributed by atoms with Crippen molar-refractivity contribution in [2.45, 2.75) is 13.3 Å². The highest BCUT2D eigenvalue weighted by Crippen LogP contribution is 2.27. The summed E-state index contributed by atoms with van der Waals surface area (Å²) in [6, 6.07) is 10.3. The number of aryl methyl sites for hydroxylation is 1. The van der Waals surface area contributed by atoms with E-state index in [4.69, 9.17) is 10.1 Å². The number of aliphatic hydroxyl groups excluding tert-OH is 1. The van der Waals surface area contributed by atoms with Crippen molar-refractivity contribution in [2.75, 3.05) is 19.7 Å². The molecule has 4 heteroatoms. The second-order valence-electron chi connectivity index (χ2n) is 4.10. The van der Waals surface area contributed by atoms with Crippen LogP contribution < -0.4 is 5.32 Å². The molecule has 0 aliphatic rings. The molecule has 1 aromatic carbocycles. The van der Waals surface area contributed by atoms with Gasteiger partial charge in [-0.2, -0.15) is 0 Å². The van der Waals surface area contributed by atoms with Gasteiger partial charge in [0.2, 0.25) is 0 Å². The average molecular weight is 262 g/mol. The molecule has 0 aliphatic carbocycles. The number of hydrogen-bond acceptors (Lipinski definition) is 4. The topological polar surface area (TPSA) is 45.1 Å². The third kappa shape index (κ3) is 3.38. The molecule has 0 amide bonds. The normalized spacial score (nSPS) is 10.8. The first-order valence-electron chi connectivity index (χ1n) is 6.14. The molecule has 0 saturated carbocycles. The fraction of sp³-hybridized carbons (Fsp3) is 0.357. The highest BCUT2D eigenvalue weighted by Gasteiger charge is 2.08. The van der Waals surface area contributed by atoms with Crippen molar-refractivity contribution in [1.29, 1.82) is 0 Å². The average Bonchev–Trinajstić information content (AvgIpc) is 2.77. The van der Waals surface area contributed by atoms with Gasteiger partial charge >= 0.3 is 0 Å². The predicted molar refractivity (Wildman–Crippen MR) is 75.9 cm³/mol. The molecule has 1 heterocycles. The smallest absolute Gasteiger partial charge is 0.0948 e. The van der Waals surface area contributed by atoms with Crippen molar-refractivity contribution in [3.8, 4) is 11.3 Å². The Kier molecular flexibility index (Phi) is 4.87. The molecule has 2 rings (SSSR count). The van der Waals surface area contributed by atoms with Crippen LogP contribution in [0.1, 0.15) is 9.88 Å². The lowest BCUT2D eigenvalue weighted by Gasteiger charge is -1.99. The van der Waals surface area contributed by atoms with E-state index < -0.39 is 0 Å². The Labute approximate surface area is 112 Å². The third-order valence-electron chi connectivity index (χ3n) is 2.69. The third-order valence-corrected chi connectivity index (χ3v) is 3.72. The number of aromatic nitrogens is 1. The SMILES string of the molecule is Cc1sc(CCNCCO)nc1-c1ccccc1. The summed E-state index contributed by atoms with van der Waals surface area (Å²) in [5, 5.41) is 13.0. The van der Waals surface area contributed by atoms with Gasteiger partial charge in [-0.1, -0.05) is 30.3 Å². The number of benzene rings is 1. The van der Waals surface area contributed by atoms with Crippen molar-refractivity contribution in [3.05, 3.63) is 40.2 Å². The number of thiazole rings is 1. The second kappa shape index (κ2) is 6.64. The van der Waals surface area contributed by atoms with Gasteiger partial charge in [-0.3, -0.25) is 0 Å². The van der Waals surface area contributed by atoms with Crippen LogP contribution in [0.4, 0.5) is 0 Å². The monoisotopic (exact) mass is 262 g/mol. The van der Waals surface area contributed by atoms with Crippen molar-refractivity contribution in [2.24, 2.45) is 0 Å². The zero-order valence-electron chi connectivity index (χ0n) is 10.5. The molecule has 18 heavy (non-hydrogen) atoms. The van der Waals surface area contributed by atoms with Gasteiger partial charge in [0.25, 0.3) is 0 Å². The number of hydrogen-bond donors (Lipinski definition) is 2. The molecular formula is C14H18N2OS. The largest absolute Gasteiger partial charge is 0.395 e. The first-order valence-corrected chi connectivity index (χ1v) is 6.96.